The van der Waals surface area contributed by atoms with Crippen molar-refractivity contribution >= 4 is 11.6 Å². The Morgan fingerprint density at radius 3 is 2.27 bits per heavy atom. The third-order valence-corrected chi connectivity index (χ3v) is 4.26. The molecule has 1 N–H and O–H groups in total. The number of rotatable bonds is 4. The van der Waals surface area contributed by atoms with Gasteiger partial charge in [-0.15, -0.1) is 0 Å². The summed E-state index contributed by atoms with van der Waals surface area (Å²) in [6.45, 7) is 0. The molecule has 0 spiro atoms. The Labute approximate surface area is 155 Å². The lowest BCUT2D eigenvalue weighted by atomic mass is 10.1. The van der Waals surface area contributed by atoms with Crippen LogP contribution in [0.1, 0.15) is 0 Å². The van der Waals surface area contributed by atoms with Crippen LogP contribution in [0.15, 0.2) is 67.1 Å². The van der Waals surface area contributed by atoms with E-state index in [-0.39, 0.29) is 0 Å². The molecule has 0 unspecified atom stereocenters. The second-order valence-electron chi connectivity index (χ2n) is 5.64. The first-order chi connectivity index (χ1) is 12.7. The Balaban J connectivity index is 1.85. The highest BCUT2D eigenvalue weighted by molar-refractivity contribution is 6.30. The molecule has 0 fully saturated rings. The molecule has 0 aliphatic carbocycles. The second kappa shape index (κ2) is 6.98. The number of aromatic amines is 1. The van der Waals surface area contributed by atoms with Crippen LogP contribution in [0.25, 0.3) is 33.9 Å². The summed E-state index contributed by atoms with van der Waals surface area (Å²) in [4.78, 5) is 16.6. The van der Waals surface area contributed by atoms with E-state index in [1.54, 1.807) is 25.7 Å². The van der Waals surface area contributed by atoms with Gasteiger partial charge in [0.25, 0.3) is 0 Å². The maximum Gasteiger partial charge on any atom is 0.212 e. The van der Waals surface area contributed by atoms with Crippen LogP contribution in [0.3, 0.4) is 0 Å². The van der Waals surface area contributed by atoms with Gasteiger partial charge < -0.3 is 9.72 Å². The number of halogens is 1. The van der Waals surface area contributed by atoms with Crippen molar-refractivity contribution in [2.45, 2.75) is 0 Å². The van der Waals surface area contributed by atoms with Crippen molar-refractivity contribution < 1.29 is 4.74 Å². The molecule has 6 heteroatoms. The second-order valence-corrected chi connectivity index (χ2v) is 6.08. The summed E-state index contributed by atoms with van der Waals surface area (Å²) in [7, 11) is 1.59. The SMILES string of the molecule is COc1ccc(-c2nc(-c3ccc(Cl)cc3)c(-c3ccncc3)[nH]2)cn1. The van der Waals surface area contributed by atoms with Gasteiger partial charge in [0.05, 0.1) is 18.5 Å². The molecule has 3 heterocycles. The Bertz CT molecular complexity index is 1010. The molecule has 1 aromatic carbocycles. The molecule has 5 nitrogen and oxygen atoms in total. The Hall–Kier alpha value is -3.18. The van der Waals surface area contributed by atoms with Crippen LogP contribution in [-0.4, -0.2) is 27.0 Å². The van der Waals surface area contributed by atoms with E-state index in [0.29, 0.717) is 10.9 Å². The number of H-pyrrole nitrogens is 1. The van der Waals surface area contributed by atoms with E-state index in [2.05, 4.69) is 15.0 Å². The number of hydrogen-bond donors (Lipinski definition) is 1. The summed E-state index contributed by atoms with van der Waals surface area (Å²) in [5.74, 6) is 1.30. The highest BCUT2D eigenvalue weighted by Gasteiger charge is 2.15. The van der Waals surface area contributed by atoms with Gasteiger partial charge in [0.2, 0.25) is 5.88 Å². The lowest BCUT2D eigenvalue weighted by Crippen LogP contribution is -1.88. The van der Waals surface area contributed by atoms with Crippen LogP contribution >= 0.6 is 11.6 Å². The van der Waals surface area contributed by atoms with Crippen molar-refractivity contribution in [1.82, 2.24) is 19.9 Å². The molecule has 0 saturated carbocycles. The first kappa shape index (κ1) is 16.3. The van der Waals surface area contributed by atoms with Crippen molar-refractivity contribution in [1.29, 1.82) is 0 Å². The van der Waals surface area contributed by atoms with Crippen LogP contribution in [0.4, 0.5) is 0 Å². The average molecular weight is 363 g/mol. The van der Waals surface area contributed by atoms with Gasteiger partial charge in [-0.1, -0.05) is 23.7 Å². The van der Waals surface area contributed by atoms with Crippen molar-refractivity contribution in [3.8, 4) is 39.8 Å². The third-order valence-electron chi connectivity index (χ3n) is 4.01. The zero-order chi connectivity index (χ0) is 17.9. The zero-order valence-electron chi connectivity index (χ0n) is 14.0. The standard InChI is InChI=1S/C20H15ClN4O/c1-26-17-7-4-15(12-23-17)20-24-18(13-2-5-16(21)6-3-13)19(25-20)14-8-10-22-11-9-14/h2-12H,1H3,(H,24,25). The smallest absolute Gasteiger partial charge is 0.212 e. The fourth-order valence-electron chi connectivity index (χ4n) is 2.70. The van der Waals surface area contributed by atoms with E-state index < -0.39 is 0 Å². The molecular weight excluding hydrogens is 348 g/mol. The number of benzene rings is 1. The van der Waals surface area contributed by atoms with Gasteiger partial charge in [-0.05, 0) is 30.3 Å². The molecule has 0 bridgehead atoms. The fourth-order valence-corrected chi connectivity index (χ4v) is 2.82. The molecule has 0 radical (unpaired) electrons. The van der Waals surface area contributed by atoms with Crippen LogP contribution in [-0.2, 0) is 0 Å². The third kappa shape index (κ3) is 3.17. The normalized spacial score (nSPS) is 10.7. The number of nitrogens with zero attached hydrogens (tertiary/aromatic N) is 3. The van der Waals surface area contributed by atoms with Gasteiger partial charge in [-0.25, -0.2) is 9.97 Å². The van der Waals surface area contributed by atoms with E-state index in [0.717, 1.165) is 33.9 Å². The number of nitrogens with one attached hydrogen (secondary N) is 1. The van der Waals surface area contributed by atoms with Crippen LogP contribution in [0.5, 0.6) is 5.88 Å². The average Bonchev–Trinajstić information content (AvgIpc) is 3.15. The first-order valence-electron chi connectivity index (χ1n) is 8.01. The van der Waals surface area contributed by atoms with E-state index in [9.17, 15) is 0 Å². The molecule has 128 valence electrons. The van der Waals surface area contributed by atoms with Crippen molar-refractivity contribution in [2.24, 2.45) is 0 Å². The molecule has 0 amide bonds. The number of hydrogen-bond acceptors (Lipinski definition) is 4. The van der Waals surface area contributed by atoms with E-state index >= 15 is 0 Å². The van der Waals surface area contributed by atoms with Gasteiger partial charge in [0, 0.05) is 46.4 Å². The van der Waals surface area contributed by atoms with E-state index in [4.69, 9.17) is 21.3 Å². The minimum atomic E-state index is 0.563. The molecule has 3 aromatic heterocycles. The highest BCUT2D eigenvalue weighted by Crippen LogP contribution is 2.33. The van der Waals surface area contributed by atoms with Crippen molar-refractivity contribution in [3.63, 3.8) is 0 Å². The topological polar surface area (TPSA) is 63.7 Å². The van der Waals surface area contributed by atoms with Crippen LogP contribution in [0.2, 0.25) is 5.02 Å². The van der Waals surface area contributed by atoms with Gasteiger partial charge in [0.1, 0.15) is 5.82 Å². The summed E-state index contributed by atoms with van der Waals surface area (Å²) in [5, 5.41) is 0.689. The Morgan fingerprint density at radius 1 is 0.885 bits per heavy atom. The first-order valence-corrected chi connectivity index (χ1v) is 8.39. The summed E-state index contributed by atoms with van der Waals surface area (Å²) < 4.78 is 5.12. The van der Waals surface area contributed by atoms with Gasteiger partial charge >= 0.3 is 0 Å². The number of methoxy groups -OCH3 is 1. The molecule has 26 heavy (non-hydrogen) atoms. The molecule has 0 aliphatic rings. The monoisotopic (exact) mass is 362 g/mol. The minimum absolute atomic E-state index is 0.563. The number of imidazole rings is 1. The van der Waals surface area contributed by atoms with Crippen molar-refractivity contribution in [3.05, 3.63) is 72.1 Å². The molecule has 4 rings (SSSR count). The largest absolute Gasteiger partial charge is 0.481 e. The van der Waals surface area contributed by atoms with Crippen molar-refractivity contribution in [2.75, 3.05) is 7.11 Å². The predicted octanol–water partition coefficient (Wildman–Crippen LogP) is 4.86. The Kier molecular flexibility index (Phi) is 4.37. The molecule has 4 aromatic rings. The highest BCUT2D eigenvalue weighted by atomic mass is 35.5. The number of aromatic nitrogens is 4. The summed E-state index contributed by atoms with van der Waals surface area (Å²) in [5.41, 5.74) is 4.62. The zero-order valence-corrected chi connectivity index (χ0v) is 14.7. The predicted molar refractivity (Wildman–Crippen MR) is 102 cm³/mol. The number of pyridine rings is 2. The summed E-state index contributed by atoms with van der Waals surface area (Å²) in [6.07, 6.45) is 5.26. The maximum absolute atomic E-state index is 6.03. The quantitative estimate of drug-likeness (QED) is 0.563. The van der Waals surface area contributed by atoms with Crippen LogP contribution < -0.4 is 4.74 Å². The van der Waals surface area contributed by atoms with Gasteiger partial charge in [-0.2, -0.15) is 0 Å². The van der Waals surface area contributed by atoms with Gasteiger partial charge in [0.15, 0.2) is 0 Å². The van der Waals surface area contributed by atoms with E-state index in [1.165, 1.54) is 0 Å². The molecular formula is C20H15ClN4O. The fraction of sp³-hybridized carbons (Fsp3) is 0.0500. The molecule has 0 atom stereocenters. The minimum Gasteiger partial charge on any atom is -0.481 e. The lowest BCUT2D eigenvalue weighted by molar-refractivity contribution is 0.398. The molecule has 0 saturated heterocycles. The lowest BCUT2D eigenvalue weighted by Gasteiger charge is -2.03. The summed E-state index contributed by atoms with van der Waals surface area (Å²) >= 11 is 6.03. The van der Waals surface area contributed by atoms with Gasteiger partial charge in [-0.3, -0.25) is 4.98 Å². The van der Waals surface area contributed by atoms with E-state index in [1.807, 2.05) is 48.5 Å². The number of ether oxygens (including phenoxy) is 1. The summed E-state index contributed by atoms with van der Waals surface area (Å²) in [6, 6.07) is 15.3. The maximum atomic E-state index is 6.03. The molecule has 0 aliphatic heterocycles. The Morgan fingerprint density at radius 2 is 1.62 bits per heavy atom. The van der Waals surface area contributed by atoms with Crippen LogP contribution in [0, 0.1) is 0 Å².